The molecule has 1 heterocycles. The van der Waals surface area contributed by atoms with E-state index >= 15 is 0 Å². The summed E-state index contributed by atoms with van der Waals surface area (Å²) in [6.45, 7) is 9.62. The summed E-state index contributed by atoms with van der Waals surface area (Å²) in [4.78, 5) is 27.8. The van der Waals surface area contributed by atoms with Gasteiger partial charge in [0.05, 0.1) is 0 Å². The Morgan fingerprint density at radius 3 is 2.50 bits per heavy atom. The van der Waals surface area contributed by atoms with Crippen molar-refractivity contribution in [1.82, 2.24) is 10.3 Å². The highest BCUT2D eigenvalue weighted by atomic mass is 32.1. The first-order valence-corrected chi connectivity index (χ1v) is 9.99. The van der Waals surface area contributed by atoms with Crippen LogP contribution in [0.5, 0.6) is 0 Å². The molecule has 0 radical (unpaired) electrons. The van der Waals surface area contributed by atoms with E-state index in [-0.39, 0.29) is 13.8 Å². The highest BCUT2D eigenvalue weighted by Gasteiger charge is 2.18. The van der Waals surface area contributed by atoms with Crippen LogP contribution in [0.3, 0.4) is 0 Å². The zero-order valence-electron chi connectivity index (χ0n) is 13.7. The number of thiazole rings is 1. The quantitative estimate of drug-likeness (QED) is 0.771. The van der Waals surface area contributed by atoms with Crippen LogP contribution < -0.4 is 10.6 Å². The molecule has 0 aliphatic heterocycles. The molecule has 2 N–H and O–H groups in total. The maximum Gasteiger partial charge on any atom is 0.413 e. The summed E-state index contributed by atoms with van der Waals surface area (Å²) >= 11 is 1.20. The second-order valence-electron chi connectivity index (χ2n) is 5.63. The molecule has 22 heavy (non-hydrogen) atoms. The van der Waals surface area contributed by atoms with Gasteiger partial charge in [-0.25, -0.2) is 9.78 Å². The van der Waals surface area contributed by atoms with Crippen LogP contribution in [0.25, 0.3) is 0 Å². The van der Waals surface area contributed by atoms with Gasteiger partial charge in [-0.3, -0.25) is 10.1 Å². The normalized spacial score (nSPS) is 11.4. The summed E-state index contributed by atoms with van der Waals surface area (Å²) in [6.07, 6.45) is 2.31. The molecular formula is C14H24N3O3PS. The third kappa shape index (κ3) is 6.71. The first-order chi connectivity index (χ1) is 10.2. The third-order valence-corrected chi connectivity index (χ3v) is 5.85. The highest BCUT2D eigenvalue weighted by Crippen LogP contribution is 2.32. The number of rotatable bonds is 6. The highest BCUT2D eigenvalue weighted by molar-refractivity contribution is 7.57. The van der Waals surface area contributed by atoms with E-state index < -0.39 is 11.7 Å². The van der Waals surface area contributed by atoms with Crippen LogP contribution in [0.1, 0.15) is 45.1 Å². The maximum absolute atomic E-state index is 12.0. The largest absolute Gasteiger partial charge is 0.444 e. The van der Waals surface area contributed by atoms with Crippen LogP contribution in [0.4, 0.5) is 9.93 Å². The monoisotopic (exact) mass is 345 g/mol. The van der Waals surface area contributed by atoms with Crippen molar-refractivity contribution < 1.29 is 14.3 Å². The molecule has 1 aromatic heterocycles. The smallest absolute Gasteiger partial charge is 0.413 e. The summed E-state index contributed by atoms with van der Waals surface area (Å²) in [6, 6.07) is 0. The molecule has 8 heteroatoms. The van der Waals surface area contributed by atoms with Gasteiger partial charge in [-0.05, 0) is 33.1 Å². The van der Waals surface area contributed by atoms with E-state index in [1.807, 2.05) is 0 Å². The zero-order valence-corrected chi connectivity index (χ0v) is 15.4. The van der Waals surface area contributed by atoms with Gasteiger partial charge in [-0.1, -0.05) is 21.8 Å². The molecule has 0 unspecified atom stereocenters. The number of aromatic nitrogens is 1. The number of carbonyl (C=O) groups is 2. The van der Waals surface area contributed by atoms with Gasteiger partial charge in [0, 0.05) is 11.7 Å². The van der Waals surface area contributed by atoms with Gasteiger partial charge in [0.1, 0.15) is 11.3 Å². The molecule has 0 aliphatic carbocycles. The Balaban J connectivity index is 2.53. The number of amides is 2. The predicted molar refractivity (Wildman–Crippen MR) is 92.3 cm³/mol. The fourth-order valence-corrected chi connectivity index (χ4v) is 3.49. The molecule has 0 spiro atoms. The van der Waals surface area contributed by atoms with E-state index in [2.05, 4.69) is 29.5 Å². The van der Waals surface area contributed by atoms with E-state index in [0.29, 0.717) is 17.1 Å². The lowest BCUT2D eigenvalue weighted by Gasteiger charge is -2.18. The number of ether oxygens (including phenoxy) is 1. The van der Waals surface area contributed by atoms with E-state index in [1.165, 1.54) is 11.3 Å². The molecule has 2 amide bonds. The third-order valence-electron chi connectivity index (χ3n) is 2.70. The van der Waals surface area contributed by atoms with Gasteiger partial charge < -0.3 is 10.1 Å². The lowest BCUT2D eigenvalue weighted by Crippen LogP contribution is -2.27. The Labute approximate surface area is 136 Å². The minimum Gasteiger partial charge on any atom is -0.444 e. The molecule has 0 aliphatic rings. The van der Waals surface area contributed by atoms with E-state index in [9.17, 15) is 9.59 Å². The van der Waals surface area contributed by atoms with Crippen molar-refractivity contribution in [2.45, 2.75) is 40.2 Å². The average Bonchev–Trinajstić information content (AvgIpc) is 2.85. The summed E-state index contributed by atoms with van der Waals surface area (Å²) in [7, 11) is -0.148. The van der Waals surface area contributed by atoms with Crippen molar-refractivity contribution in [3.63, 3.8) is 0 Å². The summed E-state index contributed by atoms with van der Waals surface area (Å²) in [5.74, 6) is -0.206. The zero-order chi connectivity index (χ0) is 16.8. The van der Waals surface area contributed by atoms with Crippen molar-refractivity contribution >= 4 is 36.4 Å². The Kier molecular flexibility index (Phi) is 7.23. The molecule has 0 aromatic carbocycles. The summed E-state index contributed by atoms with van der Waals surface area (Å²) in [5, 5.41) is 7.41. The number of nitrogens with one attached hydrogen (secondary N) is 2. The number of hydrogen-bond acceptors (Lipinski definition) is 5. The van der Waals surface area contributed by atoms with Crippen molar-refractivity contribution in [2.24, 2.45) is 0 Å². The molecule has 1 aromatic rings. The second kappa shape index (κ2) is 8.44. The van der Waals surface area contributed by atoms with Crippen LogP contribution in [0, 0.1) is 0 Å². The number of carbonyl (C=O) groups excluding carboxylic acids is 2. The molecule has 124 valence electrons. The number of anilines is 1. The van der Waals surface area contributed by atoms with Crippen LogP contribution in [-0.4, -0.2) is 41.2 Å². The van der Waals surface area contributed by atoms with Gasteiger partial charge in [-0.15, -0.1) is 11.3 Å². The minimum absolute atomic E-state index is 0.148. The lowest BCUT2D eigenvalue weighted by atomic mass is 10.2. The predicted octanol–water partition coefficient (Wildman–Crippen LogP) is 3.70. The average molecular weight is 345 g/mol. The number of nitrogens with zero attached hydrogens (tertiary/aromatic N) is 1. The van der Waals surface area contributed by atoms with E-state index in [1.54, 1.807) is 26.2 Å². The molecule has 0 atom stereocenters. The fraction of sp³-hybridized carbons (Fsp3) is 0.643. The molecule has 0 saturated carbocycles. The Bertz CT molecular complexity index is 510. The fourth-order valence-electron chi connectivity index (χ4n) is 1.55. The van der Waals surface area contributed by atoms with Crippen molar-refractivity contribution in [3.05, 3.63) is 11.1 Å². The minimum atomic E-state index is -0.575. The van der Waals surface area contributed by atoms with Gasteiger partial charge in [0.15, 0.2) is 5.13 Å². The molecule has 1 rings (SSSR count). The first-order valence-electron chi connectivity index (χ1n) is 7.21. The summed E-state index contributed by atoms with van der Waals surface area (Å²) in [5.41, 5.74) is -0.253. The van der Waals surface area contributed by atoms with E-state index in [4.69, 9.17) is 4.74 Å². The van der Waals surface area contributed by atoms with Crippen LogP contribution >= 0.6 is 19.3 Å². The van der Waals surface area contributed by atoms with E-state index in [0.717, 1.165) is 12.3 Å². The van der Waals surface area contributed by atoms with Crippen LogP contribution in [-0.2, 0) is 4.74 Å². The summed E-state index contributed by atoms with van der Waals surface area (Å²) < 4.78 is 5.14. The SMILES string of the molecule is CCP(CC)CNC(=O)c1csc(NC(=O)OC(C)(C)C)n1. The lowest BCUT2D eigenvalue weighted by molar-refractivity contribution is 0.0635. The van der Waals surface area contributed by atoms with Crippen molar-refractivity contribution in [3.8, 4) is 0 Å². The molecule has 0 fully saturated rings. The van der Waals surface area contributed by atoms with Crippen molar-refractivity contribution in [2.75, 3.05) is 23.9 Å². The first kappa shape index (κ1) is 18.8. The standard InChI is InChI=1S/C14H24N3O3PS/c1-6-21(7-2)9-15-11(18)10-8-22-12(16-10)17-13(19)20-14(3,4)5/h8H,6-7,9H2,1-5H3,(H,15,18)(H,16,17,19). The Morgan fingerprint density at radius 2 is 1.95 bits per heavy atom. The van der Waals surface area contributed by atoms with Gasteiger partial charge in [0.25, 0.3) is 5.91 Å². The Morgan fingerprint density at radius 1 is 1.32 bits per heavy atom. The molecular weight excluding hydrogens is 321 g/mol. The second-order valence-corrected chi connectivity index (χ2v) is 9.41. The maximum atomic E-state index is 12.0. The van der Waals surface area contributed by atoms with Gasteiger partial charge in [0.2, 0.25) is 0 Å². The van der Waals surface area contributed by atoms with Crippen LogP contribution in [0.15, 0.2) is 5.38 Å². The molecule has 0 bridgehead atoms. The molecule has 6 nitrogen and oxygen atoms in total. The van der Waals surface area contributed by atoms with Crippen LogP contribution in [0.2, 0.25) is 0 Å². The number of hydrogen-bond donors (Lipinski definition) is 2. The topological polar surface area (TPSA) is 80.3 Å². The van der Waals surface area contributed by atoms with Gasteiger partial charge in [-0.2, -0.15) is 0 Å². The van der Waals surface area contributed by atoms with Gasteiger partial charge >= 0.3 is 6.09 Å². The Hall–Kier alpha value is -1.20. The van der Waals surface area contributed by atoms with Crippen molar-refractivity contribution in [1.29, 1.82) is 0 Å². The molecule has 0 saturated heterocycles.